The van der Waals surface area contributed by atoms with E-state index in [9.17, 15) is 5.11 Å². The first-order valence-corrected chi connectivity index (χ1v) is 5.51. The summed E-state index contributed by atoms with van der Waals surface area (Å²) in [6.45, 7) is 2.65. The van der Waals surface area contributed by atoms with Crippen molar-refractivity contribution in [3.8, 4) is 5.75 Å². The van der Waals surface area contributed by atoms with E-state index in [1.54, 1.807) is 7.11 Å². The zero-order chi connectivity index (χ0) is 11.5. The van der Waals surface area contributed by atoms with Crippen molar-refractivity contribution in [3.05, 3.63) is 30.5 Å². The molecular weight excluding hydrogens is 202 g/mol. The van der Waals surface area contributed by atoms with E-state index in [0.717, 1.165) is 18.7 Å². The monoisotopic (exact) mass is 219 g/mol. The minimum absolute atomic E-state index is 0.254. The van der Waals surface area contributed by atoms with Gasteiger partial charge in [0.15, 0.2) is 0 Å². The third-order valence-corrected chi connectivity index (χ3v) is 2.77. The quantitative estimate of drug-likeness (QED) is 0.857. The molecule has 0 saturated heterocycles. The summed E-state index contributed by atoms with van der Waals surface area (Å²) in [6, 6.07) is 8.10. The molecule has 0 saturated carbocycles. The number of rotatable bonds is 4. The molecule has 16 heavy (non-hydrogen) atoms. The predicted molar refractivity (Wildman–Crippen MR) is 64.8 cm³/mol. The highest BCUT2D eigenvalue weighted by Gasteiger charge is 2.03. The lowest BCUT2D eigenvalue weighted by molar-refractivity contribution is 0.178. The SMILES string of the molecule is COc1ccc2c(ccn2CCC(C)O)c1. The van der Waals surface area contributed by atoms with Gasteiger partial charge in [0.25, 0.3) is 0 Å². The maximum Gasteiger partial charge on any atom is 0.119 e. The molecule has 1 aromatic heterocycles. The Balaban J connectivity index is 2.27. The van der Waals surface area contributed by atoms with Gasteiger partial charge in [-0.3, -0.25) is 0 Å². The van der Waals surface area contributed by atoms with Crippen LogP contribution in [0.5, 0.6) is 5.75 Å². The number of methoxy groups -OCH3 is 1. The molecule has 1 aromatic carbocycles. The molecule has 1 heterocycles. The van der Waals surface area contributed by atoms with Crippen LogP contribution < -0.4 is 4.74 Å². The van der Waals surface area contributed by atoms with E-state index in [1.807, 2.05) is 25.3 Å². The summed E-state index contributed by atoms with van der Waals surface area (Å²) in [5, 5.41) is 10.4. The number of hydrogen-bond donors (Lipinski definition) is 1. The van der Waals surface area contributed by atoms with Gasteiger partial charge in [-0.1, -0.05) is 0 Å². The highest BCUT2D eigenvalue weighted by atomic mass is 16.5. The zero-order valence-electron chi connectivity index (χ0n) is 9.68. The molecule has 0 aliphatic heterocycles. The Kier molecular flexibility index (Phi) is 3.15. The summed E-state index contributed by atoms with van der Waals surface area (Å²) in [5.74, 6) is 0.876. The normalized spacial score (nSPS) is 12.9. The van der Waals surface area contributed by atoms with Gasteiger partial charge >= 0.3 is 0 Å². The van der Waals surface area contributed by atoms with Crippen molar-refractivity contribution in [1.82, 2.24) is 4.57 Å². The van der Waals surface area contributed by atoms with Crippen LogP contribution >= 0.6 is 0 Å². The zero-order valence-corrected chi connectivity index (χ0v) is 9.68. The second-order valence-corrected chi connectivity index (χ2v) is 4.07. The third kappa shape index (κ3) is 2.19. The van der Waals surface area contributed by atoms with Crippen molar-refractivity contribution < 1.29 is 9.84 Å². The van der Waals surface area contributed by atoms with Gasteiger partial charge in [-0.05, 0) is 37.6 Å². The average Bonchev–Trinajstić information content (AvgIpc) is 2.68. The van der Waals surface area contributed by atoms with Gasteiger partial charge in [0.2, 0.25) is 0 Å². The number of aliphatic hydroxyl groups is 1. The van der Waals surface area contributed by atoms with Crippen molar-refractivity contribution in [2.24, 2.45) is 0 Å². The van der Waals surface area contributed by atoms with Gasteiger partial charge in [-0.25, -0.2) is 0 Å². The van der Waals surface area contributed by atoms with Crippen LogP contribution in [-0.2, 0) is 6.54 Å². The van der Waals surface area contributed by atoms with Crippen molar-refractivity contribution in [2.45, 2.75) is 26.0 Å². The number of nitrogens with zero attached hydrogens (tertiary/aromatic N) is 1. The maximum atomic E-state index is 9.27. The van der Waals surface area contributed by atoms with Crippen LogP contribution in [0.4, 0.5) is 0 Å². The Labute approximate surface area is 95.3 Å². The van der Waals surface area contributed by atoms with Gasteiger partial charge in [0.1, 0.15) is 5.75 Å². The molecule has 1 unspecified atom stereocenters. The summed E-state index contributed by atoms with van der Waals surface area (Å²) in [5.41, 5.74) is 1.18. The lowest BCUT2D eigenvalue weighted by atomic mass is 10.2. The van der Waals surface area contributed by atoms with Crippen molar-refractivity contribution in [2.75, 3.05) is 7.11 Å². The van der Waals surface area contributed by atoms with E-state index in [0.29, 0.717) is 0 Å². The van der Waals surface area contributed by atoms with E-state index >= 15 is 0 Å². The number of fused-ring (bicyclic) bond motifs is 1. The number of aliphatic hydroxyl groups excluding tert-OH is 1. The molecule has 0 radical (unpaired) electrons. The second-order valence-electron chi connectivity index (χ2n) is 4.07. The number of aryl methyl sites for hydroxylation is 1. The Bertz CT molecular complexity index is 474. The molecule has 86 valence electrons. The summed E-state index contributed by atoms with van der Waals surface area (Å²) < 4.78 is 7.33. The van der Waals surface area contributed by atoms with Crippen molar-refractivity contribution in [1.29, 1.82) is 0 Å². The van der Waals surface area contributed by atoms with Gasteiger partial charge < -0.3 is 14.4 Å². The molecule has 3 nitrogen and oxygen atoms in total. The molecule has 0 aliphatic rings. The Morgan fingerprint density at radius 3 is 2.88 bits per heavy atom. The van der Waals surface area contributed by atoms with Crippen LogP contribution in [0.2, 0.25) is 0 Å². The average molecular weight is 219 g/mol. The van der Waals surface area contributed by atoms with E-state index < -0.39 is 0 Å². The van der Waals surface area contributed by atoms with Crippen LogP contribution in [0.15, 0.2) is 30.5 Å². The fourth-order valence-electron chi connectivity index (χ4n) is 1.83. The first-order chi connectivity index (χ1) is 7.70. The van der Waals surface area contributed by atoms with Crippen LogP contribution in [0, 0.1) is 0 Å². The van der Waals surface area contributed by atoms with E-state index in [1.165, 1.54) is 10.9 Å². The standard InChI is InChI=1S/C13H17NO2/c1-10(15)5-7-14-8-6-11-9-12(16-2)3-4-13(11)14/h3-4,6,8-10,15H,5,7H2,1-2H3. The fraction of sp³-hybridized carbons (Fsp3) is 0.385. The molecule has 0 fully saturated rings. The maximum absolute atomic E-state index is 9.27. The molecule has 1 N–H and O–H groups in total. The Morgan fingerprint density at radius 2 is 2.19 bits per heavy atom. The van der Waals surface area contributed by atoms with Crippen LogP contribution in [0.3, 0.4) is 0 Å². The number of ether oxygens (including phenoxy) is 1. The summed E-state index contributed by atoms with van der Waals surface area (Å²) in [4.78, 5) is 0. The Morgan fingerprint density at radius 1 is 1.38 bits per heavy atom. The fourth-order valence-corrected chi connectivity index (χ4v) is 1.83. The van der Waals surface area contributed by atoms with Crippen molar-refractivity contribution in [3.63, 3.8) is 0 Å². The van der Waals surface area contributed by atoms with E-state index in [4.69, 9.17) is 4.74 Å². The number of hydrogen-bond acceptors (Lipinski definition) is 2. The van der Waals surface area contributed by atoms with Gasteiger partial charge in [0, 0.05) is 23.6 Å². The largest absolute Gasteiger partial charge is 0.497 e. The van der Waals surface area contributed by atoms with Crippen molar-refractivity contribution >= 4 is 10.9 Å². The highest BCUT2D eigenvalue weighted by Crippen LogP contribution is 2.22. The minimum Gasteiger partial charge on any atom is -0.497 e. The first-order valence-electron chi connectivity index (χ1n) is 5.51. The molecule has 1 atom stereocenters. The Hall–Kier alpha value is -1.48. The minimum atomic E-state index is -0.254. The molecule has 2 aromatic rings. The molecule has 0 bridgehead atoms. The third-order valence-electron chi connectivity index (χ3n) is 2.77. The first kappa shape index (κ1) is 11.0. The smallest absolute Gasteiger partial charge is 0.119 e. The summed E-state index contributed by atoms with van der Waals surface area (Å²) >= 11 is 0. The summed E-state index contributed by atoms with van der Waals surface area (Å²) in [7, 11) is 1.67. The van der Waals surface area contributed by atoms with Crippen LogP contribution in [0.1, 0.15) is 13.3 Å². The topological polar surface area (TPSA) is 34.4 Å². The number of aromatic nitrogens is 1. The molecule has 0 aliphatic carbocycles. The molecular formula is C13H17NO2. The summed E-state index contributed by atoms with van der Waals surface area (Å²) in [6.07, 6.45) is 2.57. The predicted octanol–water partition coefficient (Wildman–Crippen LogP) is 2.42. The lowest BCUT2D eigenvalue weighted by Crippen LogP contribution is -2.05. The van der Waals surface area contributed by atoms with Gasteiger partial charge in [0.05, 0.1) is 13.2 Å². The molecule has 0 amide bonds. The number of benzene rings is 1. The molecule has 2 rings (SSSR count). The molecule has 3 heteroatoms. The highest BCUT2D eigenvalue weighted by molar-refractivity contribution is 5.81. The van der Waals surface area contributed by atoms with Crippen LogP contribution in [-0.4, -0.2) is 22.9 Å². The van der Waals surface area contributed by atoms with Crippen LogP contribution in [0.25, 0.3) is 10.9 Å². The van der Waals surface area contributed by atoms with E-state index in [-0.39, 0.29) is 6.10 Å². The lowest BCUT2D eigenvalue weighted by Gasteiger charge is -2.07. The molecule has 0 spiro atoms. The van der Waals surface area contributed by atoms with E-state index in [2.05, 4.69) is 16.7 Å². The van der Waals surface area contributed by atoms with Gasteiger partial charge in [-0.2, -0.15) is 0 Å². The van der Waals surface area contributed by atoms with Gasteiger partial charge in [-0.15, -0.1) is 0 Å². The second kappa shape index (κ2) is 4.58.